The van der Waals surface area contributed by atoms with Crippen LogP contribution in [0.15, 0.2) is 27.8 Å². The maximum absolute atomic E-state index is 12.2. The normalized spacial score (nSPS) is 10.7. The number of ether oxygens (including phenoxy) is 2. The van der Waals surface area contributed by atoms with Crippen molar-refractivity contribution in [1.29, 1.82) is 0 Å². The second-order valence-corrected chi connectivity index (χ2v) is 6.49. The number of nitrogens with one attached hydrogen (secondary N) is 1. The van der Waals surface area contributed by atoms with Crippen molar-refractivity contribution in [3.8, 4) is 11.5 Å². The van der Waals surface area contributed by atoms with Crippen LogP contribution in [0.5, 0.6) is 11.5 Å². The average Bonchev–Trinajstić information content (AvgIpc) is 2.58. The predicted molar refractivity (Wildman–Crippen MR) is 96.5 cm³/mol. The Kier molecular flexibility index (Phi) is 6.14. The molecule has 130 valence electrons. The summed E-state index contributed by atoms with van der Waals surface area (Å²) in [5, 5.41) is 0. The Morgan fingerprint density at radius 3 is 2.50 bits per heavy atom. The van der Waals surface area contributed by atoms with Crippen molar-refractivity contribution in [3.05, 3.63) is 55.9 Å². The van der Waals surface area contributed by atoms with Crippen molar-refractivity contribution in [3.63, 3.8) is 0 Å². The van der Waals surface area contributed by atoms with Crippen LogP contribution in [0.2, 0.25) is 0 Å². The molecule has 1 aromatic heterocycles. The van der Waals surface area contributed by atoms with Crippen LogP contribution in [0.3, 0.4) is 0 Å². The molecular formula is C17H22N2O4S. The van der Waals surface area contributed by atoms with Crippen LogP contribution in [-0.4, -0.2) is 29.5 Å². The number of thioether (sulfide) groups is 1. The minimum absolute atomic E-state index is 0.340. The number of methoxy groups -OCH3 is 2. The Balaban J connectivity index is 2.48. The second-order valence-electron chi connectivity index (χ2n) is 5.25. The molecular weight excluding hydrogens is 328 g/mol. The number of benzene rings is 1. The fraction of sp³-hybridized carbons (Fsp3) is 0.412. The first-order valence-corrected chi connectivity index (χ1v) is 8.78. The fourth-order valence-electron chi connectivity index (χ4n) is 2.45. The molecule has 0 spiro atoms. The standard InChI is InChI=1S/C17H22N2O4S/c1-5-24-10-19-13(11(2)16(20)18-17(19)21)8-12-6-7-14(22-3)15(9-12)23-4/h6-7,9H,5,8,10H2,1-4H3,(H,18,20,21). The van der Waals surface area contributed by atoms with Crippen molar-refractivity contribution in [2.75, 3.05) is 20.0 Å². The first kappa shape index (κ1) is 18.2. The molecule has 0 unspecified atom stereocenters. The van der Waals surface area contributed by atoms with Crippen molar-refractivity contribution >= 4 is 11.8 Å². The average molecular weight is 350 g/mol. The molecule has 0 aliphatic heterocycles. The lowest BCUT2D eigenvalue weighted by Gasteiger charge is -2.15. The maximum Gasteiger partial charge on any atom is 0.329 e. The molecule has 0 aliphatic rings. The lowest BCUT2D eigenvalue weighted by molar-refractivity contribution is 0.354. The zero-order valence-electron chi connectivity index (χ0n) is 14.3. The van der Waals surface area contributed by atoms with Gasteiger partial charge in [0.05, 0.1) is 20.1 Å². The van der Waals surface area contributed by atoms with E-state index in [-0.39, 0.29) is 11.2 Å². The molecule has 0 atom stereocenters. The summed E-state index contributed by atoms with van der Waals surface area (Å²) >= 11 is 1.62. The van der Waals surface area contributed by atoms with Gasteiger partial charge in [0.2, 0.25) is 0 Å². The fourth-order valence-corrected chi connectivity index (χ4v) is 3.08. The van der Waals surface area contributed by atoms with Gasteiger partial charge < -0.3 is 9.47 Å². The number of aromatic nitrogens is 2. The highest BCUT2D eigenvalue weighted by Crippen LogP contribution is 2.28. The van der Waals surface area contributed by atoms with E-state index < -0.39 is 0 Å². The zero-order chi connectivity index (χ0) is 17.7. The molecule has 0 radical (unpaired) electrons. The van der Waals surface area contributed by atoms with E-state index in [4.69, 9.17) is 9.47 Å². The highest BCUT2D eigenvalue weighted by molar-refractivity contribution is 7.98. The van der Waals surface area contributed by atoms with E-state index in [2.05, 4.69) is 4.98 Å². The number of aromatic amines is 1. The van der Waals surface area contributed by atoms with Gasteiger partial charge in [-0.2, -0.15) is 0 Å². The first-order chi connectivity index (χ1) is 11.5. The Morgan fingerprint density at radius 1 is 1.17 bits per heavy atom. The van der Waals surface area contributed by atoms with Gasteiger partial charge in [-0.05, 0) is 30.4 Å². The molecule has 1 aromatic carbocycles. The predicted octanol–water partition coefficient (Wildman–Crippen LogP) is 2.16. The summed E-state index contributed by atoms with van der Waals surface area (Å²) in [6.45, 7) is 3.77. The number of rotatable bonds is 7. The molecule has 0 saturated heterocycles. The highest BCUT2D eigenvalue weighted by Gasteiger charge is 2.13. The minimum atomic E-state index is -0.373. The third-order valence-electron chi connectivity index (χ3n) is 3.81. The molecule has 7 heteroatoms. The molecule has 1 N–H and O–H groups in total. The summed E-state index contributed by atoms with van der Waals surface area (Å²) in [5.41, 5.74) is 1.50. The van der Waals surface area contributed by atoms with Crippen LogP contribution in [-0.2, 0) is 12.3 Å². The SMILES string of the molecule is CCSCn1c(Cc2ccc(OC)c(OC)c2)c(C)c(=O)[nH]c1=O. The van der Waals surface area contributed by atoms with Crippen molar-refractivity contribution in [2.24, 2.45) is 0 Å². The Bertz CT molecular complexity index is 826. The van der Waals surface area contributed by atoms with Gasteiger partial charge in [-0.25, -0.2) is 4.79 Å². The molecule has 0 bridgehead atoms. The largest absolute Gasteiger partial charge is 0.493 e. The molecule has 0 fully saturated rings. The van der Waals surface area contributed by atoms with E-state index in [0.717, 1.165) is 17.0 Å². The van der Waals surface area contributed by atoms with Crippen LogP contribution in [0.1, 0.15) is 23.7 Å². The van der Waals surface area contributed by atoms with Crippen molar-refractivity contribution in [2.45, 2.75) is 26.1 Å². The van der Waals surface area contributed by atoms with Gasteiger partial charge in [0, 0.05) is 17.7 Å². The van der Waals surface area contributed by atoms with Gasteiger partial charge in [-0.3, -0.25) is 14.3 Å². The third-order valence-corrected chi connectivity index (χ3v) is 4.66. The van der Waals surface area contributed by atoms with Gasteiger partial charge in [0.15, 0.2) is 11.5 Å². The molecule has 1 heterocycles. The Morgan fingerprint density at radius 2 is 1.88 bits per heavy atom. The lowest BCUT2D eigenvalue weighted by atomic mass is 10.1. The van der Waals surface area contributed by atoms with E-state index in [0.29, 0.717) is 29.4 Å². The molecule has 2 aromatic rings. The Labute approximate surface area is 144 Å². The quantitative estimate of drug-likeness (QED) is 0.828. The molecule has 24 heavy (non-hydrogen) atoms. The molecule has 6 nitrogen and oxygen atoms in total. The summed E-state index contributed by atoms with van der Waals surface area (Å²) in [6.07, 6.45) is 0.468. The van der Waals surface area contributed by atoms with Crippen LogP contribution < -0.4 is 20.7 Å². The number of nitrogens with zero attached hydrogens (tertiary/aromatic N) is 1. The van der Waals surface area contributed by atoms with Crippen LogP contribution in [0.25, 0.3) is 0 Å². The topological polar surface area (TPSA) is 73.3 Å². The molecule has 0 saturated carbocycles. The highest BCUT2D eigenvalue weighted by atomic mass is 32.2. The second kappa shape index (κ2) is 8.10. The molecule has 0 amide bonds. The monoisotopic (exact) mass is 350 g/mol. The van der Waals surface area contributed by atoms with Gasteiger partial charge in [-0.1, -0.05) is 13.0 Å². The van der Waals surface area contributed by atoms with Crippen LogP contribution >= 0.6 is 11.8 Å². The summed E-state index contributed by atoms with van der Waals surface area (Å²) in [5.74, 6) is 2.66. The van der Waals surface area contributed by atoms with Crippen molar-refractivity contribution < 1.29 is 9.47 Å². The van der Waals surface area contributed by atoms with E-state index in [1.807, 2.05) is 25.1 Å². The van der Waals surface area contributed by atoms with Gasteiger partial charge in [0.25, 0.3) is 5.56 Å². The lowest BCUT2D eigenvalue weighted by Crippen LogP contribution is -2.34. The third kappa shape index (κ3) is 3.84. The zero-order valence-corrected chi connectivity index (χ0v) is 15.2. The number of hydrogen-bond donors (Lipinski definition) is 1. The summed E-state index contributed by atoms with van der Waals surface area (Å²) in [7, 11) is 3.16. The number of hydrogen-bond acceptors (Lipinski definition) is 5. The molecule has 2 rings (SSSR count). The maximum atomic E-state index is 12.2. The molecule has 0 aliphatic carbocycles. The van der Waals surface area contributed by atoms with Gasteiger partial charge in [0.1, 0.15) is 0 Å². The first-order valence-electron chi connectivity index (χ1n) is 7.63. The smallest absolute Gasteiger partial charge is 0.329 e. The number of H-pyrrole nitrogens is 1. The summed E-state index contributed by atoms with van der Waals surface area (Å²) in [4.78, 5) is 26.5. The van der Waals surface area contributed by atoms with E-state index in [1.54, 1.807) is 37.5 Å². The van der Waals surface area contributed by atoms with E-state index >= 15 is 0 Å². The summed E-state index contributed by atoms with van der Waals surface area (Å²) in [6, 6.07) is 5.59. The van der Waals surface area contributed by atoms with E-state index in [9.17, 15) is 9.59 Å². The van der Waals surface area contributed by atoms with Gasteiger partial charge >= 0.3 is 5.69 Å². The Hall–Kier alpha value is -2.15. The van der Waals surface area contributed by atoms with Crippen LogP contribution in [0, 0.1) is 6.92 Å². The summed E-state index contributed by atoms with van der Waals surface area (Å²) < 4.78 is 12.2. The van der Waals surface area contributed by atoms with Crippen LogP contribution in [0.4, 0.5) is 0 Å². The van der Waals surface area contributed by atoms with Crippen molar-refractivity contribution in [1.82, 2.24) is 9.55 Å². The van der Waals surface area contributed by atoms with Gasteiger partial charge in [-0.15, -0.1) is 11.8 Å². The minimum Gasteiger partial charge on any atom is -0.493 e. The van der Waals surface area contributed by atoms with E-state index in [1.165, 1.54) is 0 Å².